The number of hydrogen-bond donors (Lipinski definition) is 2. The monoisotopic (exact) mass is 304 g/mol. The van der Waals surface area contributed by atoms with Gasteiger partial charge in [-0.05, 0) is 6.07 Å². The van der Waals surface area contributed by atoms with E-state index in [-0.39, 0.29) is 5.56 Å². The zero-order valence-electron chi connectivity index (χ0n) is 9.56. The Morgan fingerprint density at radius 2 is 2.44 bits per heavy atom. The third kappa shape index (κ3) is 3.70. The van der Waals surface area contributed by atoms with Gasteiger partial charge >= 0.3 is 5.97 Å². The number of halogens is 1. The first-order valence-corrected chi connectivity index (χ1v) is 8.07. The quantitative estimate of drug-likeness (QED) is 0.892. The SMILES string of the molecule is O=C(O)c1cnc(NCC2CSCCS2)c(Cl)c1. The average molecular weight is 305 g/mol. The minimum absolute atomic E-state index is 0.105. The molecule has 1 saturated heterocycles. The molecule has 0 spiro atoms. The largest absolute Gasteiger partial charge is 0.478 e. The summed E-state index contributed by atoms with van der Waals surface area (Å²) >= 11 is 9.90. The van der Waals surface area contributed by atoms with Gasteiger partial charge < -0.3 is 10.4 Å². The third-order valence-electron chi connectivity index (χ3n) is 2.47. The summed E-state index contributed by atoms with van der Waals surface area (Å²) in [6.45, 7) is 0.802. The highest BCUT2D eigenvalue weighted by molar-refractivity contribution is 8.06. The van der Waals surface area contributed by atoms with Gasteiger partial charge in [-0.15, -0.1) is 0 Å². The lowest BCUT2D eigenvalue weighted by atomic mass is 10.3. The van der Waals surface area contributed by atoms with Gasteiger partial charge in [0.1, 0.15) is 5.82 Å². The van der Waals surface area contributed by atoms with Gasteiger partial charge in [-0.3, -0.25) is 0 Å². The fourth-order valence-electron chi connectivity index (χ4n) is 1.55. The van der Waals surface area contributed by atoms with E-state index in [4.69, 9.17) is 16.7 Å². The number of rotatable bonds is 4. The molecule has 2 heterocycles. The van der Waals surface area contributed by atoms with Crippen molar-refractivity contribution >= 4 is 46.9 Å². The Labute approximate surface area is 119 Å². The molecular formula is C11H13ClN2O2S2. The number of anilines is 1. The maximum absolute atomic E-state index is 10.7. The molecular weight excluding hydrogens is 292 g/mol. The van der Waals surface area contributed by atoms with Crippen LogP contribution in [0.3, 0.4) is 0 Å². The Hall–Kier alpha value is -0.590. The lowest BCUT2D eigenvalue weighted by Gasteiger charge is -2.21. The van der Waals surface area contributed by atoms with Crippen LogP contribution in [0.5, 0.6) is 0 Å². The van der Waals surface area contributed by atoms with Crippen LogP contribution in [0.4, 0.5) is 5.82 Å². The van der Waals surface area contributed by atoms with Gasteiger partial charge in [0.05, 0.1) is 10.6 Å². The van der Waals surface area contributed by atoms with Gasteiger partial charge in [0.25, 0.3) is 0 Å². The van der Waals surface area contributed by atoms with E-state index in [2.05, 4.69) is 10.3 Å². The van der Waals surface area contributed by atoms with Crippen LogP contribution in [0.2, 0.25) is 5.02 Å². The number of carbonyl (C=O) groups is 1. The number of pyridine rings is 1. The third-order valence-corrected chi connectivity index (χ3v) is 5.60. The van der Waals surface area contributed by atoms with Crippen LogP contribution in [0.1, 0.15) is 10.4 Å². The van der Waals surface area contributed by atoms with Crippen LogP contribution in [0.25, 0.3) is 0 Å². The molecule has 4 nitrogen and oxygen atoms in total. The van der Waals surface area contributed by atoms with E-state index < -0.39 is 5.97 Å². The highest BCUT2D eigenvalue weighted by Crippen LogP contribution is 2.25. The zero-order chi connectivity index (χ0) is 13.0. The molecule has 1 aliphatic rings. The number of aromatic nitrogens is 1. The summed E-state index contributed by atoms with van der Waals surface area (Å²) in [5, 5.41) is 12.9. The van der Waals surface area contributed by atoms with Crippen LogP contribution in [-0.2, 0) is 0 Å². The van der Waals surface area contributed by atoms with Gasteiger partial charge in [-0.1, -0.05) is 11.6 Å². The van der Waals surface area contributed by atoms with E-state index in [9.17, 15) is 4.79 Å². The summed E-state index contributed by atoms with van der Waals surface area (Å²) in [7, 11) is 0. The second kappa shape index (κ2) is 6.54. The summed E-state index contributed by atoms with van der Waals surface area (Å²) in [6.07, 6.45) is 1.32. The highest BCUT2D eigenvalue weighted by Gasteiger charge is 2.15. The van der Waals surface area contributed by atoms with E-state index >= 15 is 0 Å². The van der Waals surface area contributed by atoms with Crippen molar-refractivity contribution in [2.24, 2.45) is 0 Å². The standard InChI is InChI=1S/C11H13ClN2O2S2/c12-9-3-7(11(15)16)4-13-10(9)14-5-8-6-17-1-2-18-8/h3-4,8H,1-2,5-6H2,(H,13,14)(H,15,16). The number of thioether (sulfide) groups is 2. The first-order chi connectivity index (χ1) is 8.66. The predicted octanol–water partition coefficient (Wildman–Crippen LogP) is 2.69. The summed E-state index contributed by atoms with van der Waals surface area (Å²) in [6, 6.07) is 1.42. The van der Waals surface area contributed by atoms with Crippen molar-refractivity contribution in [3.8, 4) is 0 Å². The molecule has 1 aliphatic heterocycles. The normalized spacial score (nSPS) is 19.5. The maximum Gasteiger partial charge on any atom is 0.337 e. The first kappa shape index (κ1) is 13.8. The number of carboxylic acids is 1. The maximum atomic E-state index is 10.7. The molecule has 7 heteroatoms. The van der Waals surface area contributed by atoms with Crippen molar-refractivity contribution in [3.05, 3.63) is 22.8 Å². The van der Waals surface area contributed by atoms with E-state index in [1.807, 2.05) is 23.5 Å². The number of hydrogen-bond acceptors (Lipinski definition) is 5. The predicted molar refractivity (Wildman–Crippen MR) is 78.3 cm³/mol. The lowest BCUT2D eigenvalue weighted by molar-refractivity contribution is 0.0696. The van der Waals surface area contributed by atoms with Crippen molar-refractivity contribution in [3.63, 3.8) is 0 Å². The number of aromatic carboxylic acids is 1. The number of carboxylic acid groups (broad SMARTS) is 1. The molecule has 1 unspecified atom stereocenters. The van der Waals surface area contributed by atoms with Gasteiger partial charge in [0, 0.05) is 35.3 Å². The molecule has 0 aliphatic carbocycles. The Bertz CT molecular complexity index is 439. The summed E-state index contributed by atoms with van der Waals surface area (Å²) in [4.78, 5) is 14.8. The molecule has 2 N–H and O–H groups in total. The van der Waals surface area contributed by atoms with Gasteiger partial charge in [0.15, 0.2) is 0 Å². The van der Waals surface area contributed by atoms with Gasteiger partial charge in [-0.25, -0.2) is 9.78 Å². The van der Waals surface area contributed by atoms with E-state index in [1.54, 1.807) is 0 Å². The fraction of sp³-hybridized carbons (Fsp3) is 0.455. The van der Waals surface area contributed by atoms with E-state index in [1.165, 1.54) is 23.8 Å². The smallest absolute Gasteiger partial charge is 0.337 e. The van der Waals surface area contributed by atoms with Crippen LogP contribution >= 0.6 is 35.1 Å². The van der Waals surface area contributed by atoms with Crippen molar-refractivity contribution in [1.29, 1.82) is 0 Å². The molecule has 98 valence electrons. The van der Waals surface area contributed by atoms with Gasteiger partial charge in [-0.2, -0.15) is 23.5 Å². The van der Waals surface area contributed by atoms with Crippen LogP contribution < -0.4 is 5.32 Å². The molecule has 1 atom stereocenters. The van der Waals surface area contributed by atoms with Crippen molar-refractivity contribution in [2.75, 3.05) is 29.1 Å². The van der Waals surface area contributed by atoms with E-state index in [0.29, 0.717) is 16.1 Å². The van der Waals surface area contributed by atoms with Crippen molar-refractivity contribution < 1.29 is 9.90 Å². The Morgan fingerprint density at radius 3 is 3.06 bits per heavy atom. The summed E-state index contributed by atoms with van der Waals surface area (Å²) in [5.74, 6) is 3.06. The molecule has 1 aromatic rings. The van der Waals surface area contributed by atoms with Crippen LogP contribution in [-0.4, -0.2) is 45.1 Å². The van der Waals surface area contributed by atoms with Crippen LogP contribution in [0.15, 0.2) is 12.3 Å². The minimum atomic E-state index is -1.02. The molecule has 0 bridgehead atoms. The Kier molecular flexibility index (Phi) is 5.03. The van der Waals surface area contributed by atoms with Crippen LogP contribution in [0, 0.1) is 0 Å². The molecule has 0 radical (unpaired) electrons. The van der Waals surface area contributed by atoms with E-state index in [0.717, 1.165) is 12.3 Å². The average Bonchev–Trinajstić information content (AvgIpc) is 2.38. The molecule has 0 aromatic carbocycles. The Morgan fingerprint density at radius 1 is 1.61 bits per heavy atom. The highest BCUT2D eigenvalue weighted by atomic mass is 35.5. The minimum Gasteiger partial charge on any atom is -0.478 e. The molecule has 0 amide bonds. The topological polar surface area (TPSA) is 62.2 Å². The van der Waals surface area contributed by atoms with Crippen molar-refractivity contribution in [2.45, 2.75) is 5.25 Å². The van der Waals surface area contributed by atoms with Crippen molar-refractivity contribution in [1.82, 2.24) is 4.98 Å². The lowest BCUT2D eigenvalue weighted by Crippen LogP contribution is -2.23. The second-order valence-electron chi connectivity index (χ2n) is 3.81. The molecule has 18 heavy (non-hydrogen) atoms. The summed E-state index contributed by atoms with van der Waals surface area (Å²) < 4.78 is 0. The molecule has 1 fully saturated rings. The molecule has 2 rings (SSSR count). The molecule has 0 saturated carbocycles. The molecule has 1 aromatic heterocycles. The number of nitrogens with zero attached hydrogens (tertiary/aromatic N) is 1. The Balaban J connectivity index is 1.94. The van der Waals surface area contributed by atoms with Gasteiger partial charge in [0.2, 0.25) is 0 Å². The zero-order valence-corrected chi connectivity index (χ0v) is 11.9. The first-order valence-electron chi connectivity index (χ1n) is 5.49. The number of nitrogens with one attached hydrogen (secondary N) is 1. The summed E-state index contributed by atoms with van der Waals surface area (Å²) in [5.41, 5.74) is 0.105. The second-order valence-corrected chi connectivity index (χ2v) is 6.77. The fourth-order valence-corrected chi connectivity index (χ4v) is 4.39.